The minimum Gasteiger partial charge on any atom is -0.352 e. The molecular weight excluding hydrogens is 218 g/mol. The number of carbonyl (C=O) groups is 1. The molecule has 1 rings (SSSR count). The molecule has 0 bridgehead atoms. The molecule has 0 aliphatic rings. The summed E-state index contributed by atoms with van der Waals surface area (Å²) in [6, 6.07) is 8.36. The van der Waals surface area contributed by atoms with Crippen molar-refractivity contribution < 1.29 is 4.79 Å². The zero-order chi connectivity index (χ0) is 12.0. The molecule has 0 aromatic heterocycles. The summed E-state index contributed by atoms with van der Waals surface area (Å²) in [4.78, 5) is 11.2. The van der Waals surface area contributed by atoms with E-state index in [1.165, 1.54) is 5.56 Å². The molecule has 0 fully saturated rings. The van der Waals surface area contributed by atoms with E-state index < -0.39 is 0 Å². The zero-order valence-electron chi connectivity index (χ0n) is 9.86. The second-order valence-corrected chi connectivity index (χ2v) is 4.59. The van der Waals surface area contributed by atoms with Crippen LogP contribution in [-0.4, -0.2) is 11.7 Å². The number of nitrogens with one attached hydrogen (secondary N) is 1. The Labute approximate surface area is 103 Å². The Morgan fingerprint density at radius 3 is 2.44 bits per heavy atom. The van der Waals surface area contributed by atoms with Crippen LogP contribution in [0.2, 0.25) is 0 Å². The number of carbonyl (C=O) groups excluding carboxylic acids is 1. The van der Waals surface area contributed by atoms with Gasteiger partial charge in [0.15, 0.2) is 0 Å². The first-order valence-electron chi connectivity index (χ1n) is 5.60. The maximum absolute atomic E-state index is 11.2. The summed E-state index contributed by atoms with van der Waals surface area (Å²) in [5, 5.41) is 2.86. The Kier molecular flexibility index (Phi) is 5.39. The molecular formula is C13H19NOS. The van der Waals surface area contributed by atoms with Crippen LogP contribution < -0.4 is 5.32 Å². The Balaban J connectivity index is 2.46. The molecule has 0 heterocycles. The third kappa shape index (κ3) is 4.27. The first-order valence-corrected chi connectivity index (χ1v) is 6.23. The van der Waals surface area contributed by atoms with E-state index in [4.69, 9.17) is 0 Å². The minimum atomic E-state index is 0.0583. The van der Waals surface area contributed by atoms with Crippen LogP contribution in [0, 0.1) is 0 Å². The van der Waals surface area contributed by atoms with Gasteiger partial charge >= 0.3 is 0 Å². The van der Waals surface area contributed by atoms with Crippen LogP contribution in [-0.2, 0) is 11.3 Å². The van der Waals surface area contributed by atoms with Gasteiger partial charge in [-0.15, -0.1) is 0 Å². The number of amides is 1. The van der Waals surface area contributed by atoms with E-state index in [2.05, 4.69) is 56.1 Å². The second-order valence-electron chi connectivity index (χ2n) is 4.15. The van der Waals surface area contributed by atoms with Crippen molar-refractivity contribution in [3.8, 4) is 0 Å². The summed E-state index contributed by atoms with van der Waals surface area (Å²) < 4.78 is 0. The van der Waals surface area contributed by atoms with Crippen LogP contribution in [0.15, 0.2) is 24.3 Å². The average Bonchev–Trinajstić information content (AvgIpc) is 2.27. The summed E-state index contributed by atoms with van der Waals surface area (Å²) >= 11 is 4.02. The van der Waals surface area contributed by atoms with Crippen molar-refractivity contribution >= 4 is 18.5 Å². The number of rotatable bonds is 5. The Hall–Kier alpha value is -0.960. The highest BCUT2D eigenvalue weighted by molar-refractivity contribution is 7.80. The lowest BCUT2D eigenvalue weighted by molar-refractivity contribution is -0.120. The van der Waals surface area contributed by atoms with Crippen LogP contribution in [0.25, 0.3) is 0 Å². The fourth-order valence-electron chi connectivity index (χ4n) is 1.41. The van der Waals surface area contributed by atoms with Crippen molar-refractivity contribution in [2.75, 3.05) is 5.75 Å². The van der Waals surface area contributed by atoms with E-state index in [1.54, 1.807) is 0 Å². The molecule has 0 radical (unpaired) electrons. The topological polar surface area (TPSA) is 29.1 Å². The Bertz CT molecular complexity index is 332. The Morgan fingerprint density at radius 2 is 1.94 bits per heavy atom. The number of benzene rings is 1. The predicted molar refractivity (Wildman–Crippen MR) is 70.8 cm³/mol. The molecule has 1 aromatic rings. The van der Waals surface area contributed by atoms with Gasteiger partial charge in [-0.2, -0.15) is 12.6 Å². The lowest BCUT2D eigenvalue weighted by Crippen LogP contribution is -2.22. The highest BCUT2D eigenvalue weighted by Crippen LogP contribution is 2.14. The van der Waals surface area contributed by atoms with Gasteiger partial charge in [-0.25, -0.2) is 0 Å². The molecule has 16 heavy (non-hydrogen) atoms. The fraction of sp³-hybridized carbons (Fsp3) is 0.462. The van der Waals surface area contributed by atoms with Crippen LogP contribution in [0.5, 0.6) is 0 Å². The lowest BCUT2D eigenvalue weighted by Gasteiger charge is -2.07. The highest BCUT2D eigenvalue weighted by Gasteiger charge is 2.01. The van der Waals surface area contributed by atoms with Gasteiger partial charge in [0.25, 0.3) is 0 Å². The molecule has 0 aliphatic carbocycles. The molecule has 0 saturated heterocycles. The van der Waals surface area contributed by atoms with Crippen LogP contribution in [0.3, 0.4) is 0 Å². The van der Waals surface area contributed by atoms with Gasteiger partial charge in [-0.3, -0.25) is 4.79 Å². The second kappa shape index (κ2) is 6.59. The van der Waals surface area contributed by atoms with Crippen molar-refractivity contribution in [1.29, 1.82) is 0 Å². The van der Waals surface area contributed by atoms with Gasteiger partial charge in [0.05, 0.1) is 0 Å². The maximum Gasteiger partial charge on any atom is 0.221 e. The van der Waals surface area contributed by atoms with E-state index in [0.29, 0.717) is 24.6 Å². The Morgan fingerprint density at radius 1 is 1.31 bits per heavy atom. The van der Waals surface area contributed by atoms with Gasteiger partial charge in [0.1, 0.15) is 0 Å². The monoisotopic (exact) mass is 237 g/mol. The van der Waals surface area contributed by atoms with Crippen molar-refractivity contribution in [2.45, 2.75) is 32.7 Å². The van der Waals surface area contributed by atoms with Gasteiger partial charge in [0.2, 0.25) is 5.91 Å². The molecule has 0 saturated carbocycles. The molecule has 88 valence electrons. The van der Waals surface area contributed by atoms with E-state index in [0.717, 1.165) is 5.56 Å². The lowest BCUT2D eigenvalue weighted by atomic mass is 10.0. The zero-order valence-corrected chi connectivity index (χ0v) is 10.8. The molecule has 1 N–H and O–H groups in total. The van der Waals surface area contributed by atoms with Gasteiger partial charge in [-0.1, -0.05) is 38.1 Å². The minimum absolute atomic E-state index is 0.0583. The third-order valence-corrected chi connectivity index (χ3v) is 2.70. The van der Waals surface area contributed by atoms with E-state index in [-0.39, 0.29) is 5.91 Å². The normalized spacial score (nSPS) is 10.5. The van der Waals surface area contributed by atoms with E-state index in [1.807, 2.05) is 0 Å². The average molecular weight is 237 g/mol. The smallest absolute Gasteiger partial charge is 0.221 e. The fourth-order valence-corrected chi connectivity index (χ4v) is 1.61. The molecule has 2 nitrogen and oxygen atoms in total. The quantitative estimate of drug-likeness (QED) is 0.758. The summed E-state index contributed by atoms with van der Waals surface area (Å²) in [5.74, 6) is 1.20. The third-order valence-electron chi connectivity index (χ3n) is 2.47. The SMILES string of the molecule is CC(C)c1ccc(CNC(=O)CCS)cc1. The summed E-state index contributed by atoms with van der Waals surface area (Å²) in [6.45, 7) is 4.94. The highest BCUT2D eigenvalue weighted by atomic mass is 32.1. The van der Waals surface area contributed by atoms with Crippen molar-refractivity contribution in [2.24, 2.45) is 0 Å². The van der Waals surface area contributed by atoms with Gasteiger partial charge in [0, 0.05) is 13.0 Å². The molecule has 1 amide bonds. The molecule has 0 unspecified atom stereocenters. The molecule has 0 spiro atoms. The van der Waals surface area contributed by atoms with Crippen molar-refractivity contribution in [3.63, 3.8) is 0 Å². The van der Waals surface area contributed by atoms with Crippen LogP contribution in [0.1, 0.15) is 37.3 Å². The summed E-state index contributed by atoms with van der Waals surface area (Å²) in [6.07, 6.45) is 0.479. The number of thiol groups is 1. The first kappa shape index (κ1) is 13.1. The summed E-state index contributed by atoms with van der Waals surface area (Å²) in [7, 11) is 0. The first-order chi connectivity index (χ1) is 7.63. The molecule has 0 atom stereocenters. The van der Waals surface area contributed by atoms with Crippen LogP contribution >= 0.6 is 12.6 Å². The van der Waals surface area contributed by atoms with E-state index in [9.17, 15) is 4.79 Å². The van der Waals surface area contributed by atoms with Gasteiger partial charge < -0.3 is 5.32 Å². The van der Waals surface area contributed by atoms with Crippen molar-refractivity contribution in [3.05, 3.63) is 35.4 Å². The molecule has 0 aliphatic heterocycles. The standard InChI is InChI=1S/C13H19NOS/c1-10(2)12-5-3-11(4-6-12)9-14-13(15)7-8-16/h3-6,10,16H,7-9H2,1-2H3,(H,14,15). The van der Waals surface area contributed by atoms with Crippen molar-refractivity contribution in [1.82, 2.24) is 5.32 Å². The predicted octanol–water partition coefficient (Wildman–Crippen LogP) is 2.75. The van der Waals surface area contributed by atoms with Crippen LogP contribution in [0.4, 0.5) is 0 Å². The van der Waals surface area contributed by atoms with Gasteiger partial charge in [-0.05, 0) is 22.8 Å². The number of hydrogen-bond acceptors (Lipinski definition) is 2. The van der Waals surface area contributed by atoms with E-state index >= 15 is 0 Å². The summed E-state index contributed by atoms with van der Waals surface area (Å²) in [5.41, 5.74) is 2.46. The number of hydrogen-bond donors (Lipinski definition) is 2. The largest absolute Gasteiger partial charge is 0.352 e. The molecule has 1 aromatic carbocycles. The maximum atomic E-state index is 11.2. The molecule has 3 heteroatoms.